The van der Waals surface area contributed by atoms with E-state index in [0.717, 1.165) is 11.8 Å². The van der Waals surface area contributed by atoms with Crippen molar-refractivity contribution in [1.29, 1.82) is 0 Å². The predicted octanol–water partition coefficient (Wildman–Crippen LogP) is 3.95. The first-order valence-corrected chi connectivity index (χ1v) is 5.03. The maximum absolute atomic E-state index is 2.36. The van der Waals surface area contributed by atoms with E-state index in [2.05, 4.69) is 39.8 Å². The quantitative estimate of drug-likeness (QED) is 0.590. The van der Waals surface area contributed by atoms with E-state index in [1.165, 1.54) is 18.4 Å². The molecule has 0 fully saturated rings. The molecule has 12 heavy (non-hydrogen) atoms. The van der Waals surface area contributed by atoms with E-state index >= 15 is 0 Å². The highest BCUT2D eigenvalue weighted by molar-refractivity contribution is 5.43. The zero-order chi connectivity index (χ0) is 9.14. The molecule has 2 unspecified atom stereocenters. The van der Waals surface area contributed by atoms with E-state index in [1.807, 2.05) is 0 Å². The van der Waals surface area contributed by atoms with Crippen LogP contribution in [-0.2, 0) is 0 Å². The van der Waals surface area contributed by atoms with Crippen LogP contribution in [0.15, 0.2) is 23.3 Å². The second-order valence-corrected chi connectivity index (χ2v) is 4.11. The van der Waals surface area contributed by atoms with Crippen molar-refractivity contribution in [2.24, 2.45) is 11.8 Å². The minimum absolute atomic E-state index is 0.838. The Labute approximate surface area is 76.4 Å². The van der Waals surface area contributed by atoms with Gasteiger partial charge in [0.1, 0.15) is 0 Å². The fraction of sp³-hybridized carbons (Fsp3) is 0.667. The highest BCUT2D eigenvalue weighted by Gasteiger charge is 2.14. The lowest BCUT2D eigenvalue weighted by Crippen LogP contribution is -2.09. The van der Waals surface area contributed by atoms with Crippen LogP contribution in [0.25, 0.3) is 0 Å². The molecule has 0 heteroatoms. The summed E-state index contributed by atoms with van der Waals surface area (Å²) in [4.78, 5) is 0. The maximum atomic E-state index is 2.36. The second kappa shape index (κ2) is 3.93. The van der Waals surface area contributed by atoms with Crippen LogP contribution in [0.5, 0.6) is 0 Å². The fourth-order valence-electron chi connectivity index (χ4n) is 1.55. The highest BCUT2D eigenvalue weighted by Crippen LogP contribution is 2.28. The highest BCUT2D eigenvalue weighted by atomic mass is 14.2. The first-order chi connectivity index (χ1) is 5.65. The molecule has 0 aromatic carbocycles. The van der Waals surface area contributed by atoms with Gasteiger partial charge in [-0.05, 0) is 36.3 Å². The van der Waals surface area contributed by atoms with Crippen LogP contribution < -0.4 is 0 Å². The van der Waals surface area contributed by atoms with Gasteiger partial charge in [-0.3, -0.25) is 0 Å². The van der Waals surface area contributed by atoms with Crippen molar-refractivity contribution in [3.05, 3.63) is 23.3 Å². The van der Waals surface area contributed by atoms with Gasteiger partial charge in [0.2, 0.25) is 0 Å². The van der Waals surface area contributed by atoms with Crippen LogP contribution in [0.4, 0.5) is 0 Å². The summed E-state index contributed by atoms with van der Waals surface area (Å²) in [5.74, 6) is 1.70. The Balaban J connectivity index is 2.36. The Hall–Kier alpha value is -0.520. The molecule has 0 aromatic heterocycles. The lowest BCUT2D eigenvalue weighted by Gasteiger charge is -2.22. The second-order valence-electron chi connectivity index (χ2n) is 4.11. The number of rotatable bonds is 4. The van der Waals surface area contributed by atoms with Gasteiger partial charge in [0.05, 0.1) is 0 Å². The minimum atomic E-state index is 0.838. The van der Waals surface area contributed by atoms with Crippen LogP contribution in [0.2, 0.25) is 0 Å². The number of hydrogen-bond acceptors (Lipinski definition) is 0. The molecule has 0 nitrogen and oxygen atoms in total. The average molecular weight is 164 g/mol. The van der Waals surface area contributed by atoms with Gasteiger partial charge in [-0.2, -0.15) is 0 Å². The normalized spacial score (nSPS) is 20.7. The summed E-state index contributed by atoms with van der Waals surface area (Å²) in [6.45, 7) is 9.20. The summed E-state index contributed by atoms with van der Waals surface area (Å²) in [6.07, 6.45) is 7.04. The van der Waals surface area contributed by atoms with Gasteiger partial charge < -0.3 is 0 Å². The molecule has 0 N–H and O–H groups in total. The van der Waals surface area contributed by atoms with E-state index in [9.17, 15) is 0 Å². The molecule has 0 amide bonds. The zero-order valence-corrected chi connectivity index (χ0v) is 8.72. The van der Waals surface area contributed by atoms with Crippen molar-refractivity contribution in [3.63, 3.8) is 0 Å². The molecule has 0 aromatic rings. The Morgan fingerprint density at radius 2 is 1.83 bits per heavy atom. The number of allylic oxidation sites excluding steroid dienone is 4. The molecule has 0 spiro atoms. The zero-order valence-electron chi connectivity index (χ0n) is 8.72. The molecule has 1 aliphatic rings. The standard InChI is InChI=1S/C12H20/c1-5-9(2)11(4)8-12-7-6-10(12)3/h6-7,9,11H,5,8H2,1-4H3. The molecule has 0 heterocycles. The molecule has 0 radical (unpaired) electrons. The molecule has 0 saturated heterocycles. The molecular formula is C12H20. The largest absolute Gasteiger partial charge is 0.0651 e. The summed E-state index contributed by atoms with van der Waals surface area (Å²) in [5, 5.41) is 0. The lowest BCUT2D eigenvalue weighted by atomic mass is 9.84. The third-order valence-electron chi connectivity index (χ3n) is 3.20. The molecule has 1 aliphatic carbocycles. The third-order valence-corrected chi connectivity index (χ3v) is 3.20. The first kappa shape index (κ1) is 9.57. The van der Waals surface area contributed by atoms with E-state index in [1.54, 1.807) is 5.57 Å². The van der Waals surface area contributed by atoms with Gasteiger partial charge >= 0.3 is 0 Å². The Kier molecular flexibility index (Phi) is 3.13. The smallest absolute Gasteiger partial charge is 0.0248 e. The summed E-state index contributed by atoms with van der Waals surface area (Å²) in [7, 11) is 0. The molecule has 0 bridgehead atoms. The van der Waals surface area contributed by atoms with Crippen LogP contribution in [0.1, 0.15) is 40.5 Å². The SMILES string of the molecule is CCC(C)C(C)CC1=C(C)C=C1. The van der Waals surface area contributed by atoms with E-state index in [0.29, 0.717) is 0 Å². The summed E-state index contributed by atoms with van der Waals surface area (Å²) in [6, 6.07) is 0. The van der Waals surface area contributed by atoms with Crippen molar-refractivity contribution in [2.45, 2.75) is 40.5 Å². The molecule has 2 atom stereocenters. The molecule has 68 valence electrons. The topological polar surface area (TPSA) is 0 Å². The van der Waals surface area contributed by atoms with Gasteiger partial charge in [-0.1, -0.05) is 39.3 Å². The van der Waals surface area contributed by atoms with Crippen molar-refractivity contribution in [1.82, 2.24) is 0 Å². The van der Waals surface area contributed by atoms with Gasteiger partial charge in [0, 0.05) is 0 Å². The van der Waals surface area contributed by atoms with E-state index in [4.69, 9.17) is 0 Å². The van der Waals surface area contributed by atoms with Crippen LogP contribution in [0.3, 0.4) is 0 Å². The molecule has 0 aliphatic heterocycles. The predicted molar refractivity (Wildman–Crippen MR) is 55.1 cm³/mol. The van der Waals surface area contributed by atoms with Gasteiger partial charge in [0.25, 0.3) is 0 Å². The molecule has 0 saturated carbocycles. The van der Waals surface area contributed by atoms with Crippen LogP contribution in [0, 0.1) is 11.8 Å². The van der Waals surface area contributed by atoms with Gasteiger partial charge in [-0.25, -0.2) is 0 Å². The summed E-state index contributed by atoms with van der Waals surface area (Å²) in [5.41, 5.74) is 3.06. The monoisotopic (exact) mass is 164 g/mol. The van der Waals surface area contributed by atoms with Crippen molar-refractivity contribution >= 4 is 0 Å². The maximum Gasteiger partial charge on any atom is -0.0248 e. The lowest BCUT2D eigenvalue weighted by molar-refractivity contribution is 0.375. The Morgan fingerprint density at radius 3 is 2.17 bits per heavy atom. The molecular weight excluding hydrogens is 144 g/mol. The third kappa shape index (κ3) is 2.00. The Morgan fingerprint density at radius 1 is 1.17 bits per heavy atom. The van der Waals surface area contributed by atoms with Crippen molar-refractivity contribution < 1.29 is 0 Å². The Bertz CT molecular complexity index is 208. The average Bonchev–Trinajstić information content (AvgIpc) is 2.09. The fourth-order valence-corrected chi connectivity index (χ4v) is 1.55. The van der Waals surface area contributed by atoms with Crippen LogP contribution in [-0.4, -0.2) is 0 Å². The summed E-state index contributed by atoms with van der Waals surface area (Å²) < 4.78 is 0. The minimum Gasteiger partial charge on any atom is -0.0651 e. The van der Waals surface area contributed by atoms with E-state index in [-0.39, 0.29) is 0 Å². The van der Waals surface area contributed by atoms with E-state index < -0.39 is 0 Å². The molecule has 1 rings (SSSR count). The van der Waals surface area contributed by atoms with Crippen molar-refractivity contribution in [3.8, 4) is 0 Å². The van der Waals surface area contributed by atoms with Crippen molar-refractivity contribution in [2.75, 3.05) is 0 Å². The van der Waals surface area contributed by atoms with Crippen LogP contribution >= 0.6 is 0 Å². The van der Waals surface area contributed by atoms with Gasteiger partial charge in [0.15, 0.2) is 0 Å². The number of hydrogen-bond donors (Lipinski definition) is 0. The summed E-state index contributed by atoms with van der Waals surface area (Å²) >= 11 is 0. The first-order valence-electron chi connectivity index (χ1n) is 5.03. The van der Waals surface area contributed by atoms with Gasteiger partial charge in [-0.15, -0.1) is 0 Å².